The summed E-state index contributed by atoms with van der Waals surface area (Å²) >= 11 is 0. The summed E-state index contributed by atoms with van der Waals surface area (Å²) in [5.74, 6) is 0.313. The number of benzene rings is 1. The van der Waals surface area contributed by atoms with Crippen molar-refractivity contribution >= 4 is 42.9 Å². The number of aliphatic imine (C=N–C) groups is 1. The van der Waals surface area contributed by atoms with E-state index >= 15 is 0 Å². The van der Waals surface area contributed by atoms with Crippen molar-refractivity contribution in [2.45, 2.75) is 59.5 Å². The molecule has 0 fully saturated rings. The lowest BCUT2D eigenvalue weighted by Gasteiger charge is -2.23. The molecule has 6 nitrogen and oxygen atoms in total. The number of alkyl carbamates (subject to hydrolysis) is 1. The maximum atomic E-state index is 13.2. The SMILES string of the molecule is [B]c1ccc2c(c1)N=C(NC(=O)OC(C)(C)C)CC(C(=O)N(CCC)CCC)=C2. The number of carbonyl (C=O) groups is 2. The van der Waals surface area contributed by atoms with E-state index in [0.717, 1.165) is 18.4 Å². The second kappa shape index (κ2) is 9.77. The van der Waals surface area contributed by atoms with Crippen LogP contribution in [0.3, 0.4) is 0 Å². The molecular weight excluding hydrogens is 365 g/mol. The van der Waals surface area contributed by atoms with Crippen LogP contribution in [0.4, 0.5) is 10.5 Å². The Bertz CT molecular complexity index is 819. The molecule has 0 saturated carbocycles. The summed E-state index contributed by atoms with van der Waals surface area (Å²) in [7, 11) is 5.91. The second-order valence-electron chi connectivity index (χ2n) is 8.14. The van der Waals surface area contributed by atoms with Crippen LogP contribution in [0.1, 0.15) is 59.4 Å². The standard InChI is InChI=1S/C22H30BN3O3/c1-6-10-26(11-7-2)20(27)16-12-15-8-9-17(23)14-18(15)24-19(13-16)25-21(28)29-22(3,4)5/h8-9,12,14H,6-7,10-11,13H2,1-5H3,(H,24,25,28). The molecule has 1 aromatic carbocycles. The summed E-state index contributed by atoms with van der Waals surface area (Å²) in [6.07, 6.45) is 3.19. The van der Waals surface area contributed by atoms with Gasteiger partial charge in [0.15, 0.2) is 0 Å². The first-order valence-electron chi connectivity index (χ1n) is 10.1. The lowest BCUT2D eigenvalue weighted by molar-refractivity contribution is -0.127. The van der Waals surface area contributed by atoms with Gasteiger partial charge < -0.3 is 9.64 Å². The number of amides is 2. The summed E-state index contributed by atoms with van der Waals surface area (Å²) in [5, 5.41) is 2.70. The predicted molar refractivity (Wildman–Crippen MR) is 118 cm³/mol. The summed E-state index contributed by atoms with van der Waals surface area (Å²) in [4.78, 5) is 31.9. The van der Waals surface area contributed by atoms with Crippen molar-refractivity contribution in [3.05, 3.63) is 29.3 Å². The van der Waals surface area contributed by atoms with Gasteiger partial charge in [0.2, 0.25) is 5.91 Å². The molecule has 154 valence electrons. The minimum absolute atomic E-state index is 0.0444. The highest BCUT2D eigenvalue weighted by Crippen LogP contribution is 2.27. The van der Waals surface area contributed by atoms with Gasteiger partial charge in [-0.15, -0.1) is 0 Å². The molecule has 0 unspecified atom stereocenters. The number of nitrogens with one attached hydrogen (secondary N) is 1. The van der Waals surface area contributed by atoms with Gasteiger partial charge in [0.25, 0.3) is 0 Å². The normalized spacial score (nSPS) is 13.6. The molecule has 0 aliphatic carbocycles. The minimum atomic E-state index is -0.634. The molecule has 2 rings (SSSR count). The highest BCUT2D eigenvalue weighted by Gasteiger charge is 2.24. The van der Waals surface area contributed by atoms with Crippen LogP contribution in [0.2, 0.25) is 0 Å². The van der Waals surface area contributed by atoms with Crippen LogP contribution < -0.4 is 10.8 Å². The topological polar surface area (TPSA) is 71.0 Å². The third kappa shape index (κ3) is 6.77. The van der Waals surface area contributed by atoms with Crippen LogP contribution in [0.5, 0.6) is 0 Å². The van der Waals surface area contributed by atoms with Crippen LogP contribution >= 0.6 is 0 Å². The predicted octanol–water partition coefficient (Wildman–Crippen LogP) is 3.47. The fourth-order valence-corrected chi connectivity index (χ4v) is 3.07. The molecule has 1 aliphatic rings. The van der Waals surface area contributed by atoms with Gasteiger partial charge in [-0.3, -0.25) is 10.1 Å². The van der Waals surface area contributed by atoms with Crippen molar-refractivity contribution in [2.24, 2.45) is 4.99 Å². The molecule has 1 aliphatic heterocycles. The molecule has 0 saturated heterocycles. The average Bonchev–Trinajstić information content (AvgIpc) is 2.77. The fourth-order valence-electron chi connectivity index (χ4n) is 3.07. The molecule has 2 amide bonds. The van der Waals surface area contributed by atoms with E-state index in [2.05, 4.69) is 10.3 Å². The van der Waals surface area contributed by atoms with Crippen molar-refractivity contribution in [2.75, 3.05) is 13.1 Å². The van der Waals surface area contributed by atoms with Gasteiger partial charge in [0, 0.05) is 30.6 Å². The first-order chi connectivity index (χ1) is 13.6. The Morgan fingerprint density at radius 3 is 2.45 bits per heavy atom. The maximum Gasteiger partial charge on any atom is 0.413 e. The van der Waals surface area contributed by atoms with Gasteiger partial charge in [-0.2, -0.15) is 0 Å². The largest absolute Gasteiger partial charge is 0.444 e. The molecular formula is C22H30BN3O3. The summed E-state index contributed by atoms with van der Waals surface area (Å²) in [6, 6.07) is 5.34. The molecule has 0 bridgehead atoms. The van der Waals surface area contributed by atoms with E-state index in [-0.39, 0.29) is 12.3 Å². The third-order valence-electron chi connectivity index (χ3n) is 4.19. The lowest BCUT2D eigenvalue weighted by Crippen LogP contribution is -2.38. The summed E-state index contributed by atoms with van der Waals surface area (Å²) < 4.78 is 5.34. The molecule has 0 atom stereocenters. The second-order valence-corrected chi connectivity index (χ2v) is 8.14. The van der Waals surface area contributed by atoms with Crippen LogP contribution in [0.15, 0.2) is 28.8 Å². The van der Waals surface area contributed by atoms with Crippen LogP contribution in [-0.2, 0) is 9.53 Å². The molecule has 7 heteroatoms. The molecule has 1 heterocycles. The Morgan fingerprint density at radius 2 is 1.86 bits per heavy atom. The Balaban J connectivity index is 2.38. The van der Waals surface area contributed by atoms with Crippen LogP contribution in [-0.4, -0.2) is 49.3 Å². The molecule has 0 spiro atoms. The number of hydrogen-bond donors (Lipinski definition) is 1. The van der Waals surface area contributed by atoms with Crippen molar-refractivity contribution in [3.8, 4) is 0 Å². The highest BCUT2D eigenvalue weighted by atomic mass is 16.6. The van der Waals surface area contributed by atoms with Crippen molar-refractivity contribution in [1.82, 2.24) is 10.2 Å². The molecule has 1 N–H and O–H groups in total. The van der Waals surface area contributed by atoms with E-state index in [1.165, 1.54) is 0 Å². The van der Waals surface area contributed by atoms with E-state index in [9.17, 15) is 9.59 Å². The van der Waals surface area contributed by atoms with Gasteiger partial charge in [0.1, 0.15) is 19.3 Å². The number of nitrogens with zero attached hydrogens (tertiary/aromatic N) is 2. The summed E-state index contributed by atoms with van der Waals surface area (Å²) in [6.45, 7) is 10.8. The number of ether oxygens (including phenoxy) is 1. The first kappa shape index (κ1) is 22.7. The van der Waals surface area contributed by atoms with E-state index in [1.807, 2.05) is 30.9 Å². The van der Waals surface area contributed by atoms with Crippen molar-refractivity contribution < 1.29 is 14.3 Å². The smallest absolute Gasteiger partial charge is 0.413 e. The van der Waals surface area contributed by atoms with E-state index in [0.29, 0.717) is 35.6 Å². The third-order valence-corrected chi connectivity index (χ3v) is 4.19. The Hall–Kier alpha value is -2.57. The molecule has 1 aromatic rings. The van der Waals surface area contributed by atoms with E-state index < -0.39 is 11.7 Å². The monoisotopic (exact) mass is 395 g/mol. The Labute approximate surface area is 174 Å². The number of fused-ring (bicyclic) bond motifs is 1. The summed E-state index contributed by atoms with van der Waals surface area (Å²) in [5.41, 5.74) is 1.90. The molecule has 0 aromatic heterocycles. The zero-order chi connectivity index (χ0) is 21.6. The molecule has 2 radical (unpaired) electrons. The average molecular weight is 395 g/mol. The van der Waals surface area contributed by atoms with Gasteiger partial charge >= 0.3 is 6.09 Å². The highest BCUT2D eigenvalue weighted by molar-refractivity contribution is 6.32. The molecule has 29 heavy (non-hydrogen) atoms. The van der Waals surface area contributed by atoms with Crippen molar-refractivity contribution in [3.63, 3.8) is 0 Å². The zero-order valence-corrected chi connectivity index (χ0v) is 18.0. The number of hydrogen-bond acceptors (Lipinski definition) is 4. The zero-order valence-electron chi connectivity index (χ0n) is 18.0. The van der Waals surface area contributed by atoms with Gasteiger partial charge in [-0.1, -0.05) is 31.4 Å². The minimum Gasteiger partial charge on any atom is -0.444 e. The Kier molecular flexibility index (Phi) is 7.65. The number of amidine groups is 1. The van der Waals surface area contributed by atoms with Crippen LogP contribution in [0, 0.1) is 0 Å². The van der Waals surface area contributed by atoms with Crippen LogP contribution in [0.25, 0.3) is 6.08 Å². The van der Waals surface area contributed by atoms with E-state index in [4.69, 9.17) is 12.6 Å². The quantitative estimate of drug-likeness (QED) is 0.777. The van der Waals surface area contributed by atoms with Crippen molar-refractivity contribution in [1.29, 1.82) is 0 Å². The van der Waals surface area contributed by atoms with E-state index in [1.54, 1.807) is 32.9 Å². The van der Waals surface area contributed by atoms with Gasteiger partial charge in [-0.05, 0) is 45.8 Å². The lowest BCUT2D eigenvalue weighted by atomic mass is 9.93. The first-order valence-corrected chi connectivity index (χ1v) is 10.1. The van der Waals surface area contributed by atoms with Gasteiger partial charge in [-0.25, -0.2) is 9.79 Å². The number of rotatable bonds is 5. The number of carbonyl (C=O) groups excluding carboxylic acids is 2. The van der Waals surface area contributed by atoms with Gasteiger partial charge in [0.05, 0.1) is 5.69 Å². The Morgan fingerprint density at radius 1 is 1.21 bits per heavy atom. The fraction of sp³-hybridized carbons (Fsp3) is 0.500. The maximum absolute atomic E-state index is 13.2.